The smallest absolute Gasteiger partial charge is 0.278 e. The number of rotatable bonds is 16. The summed E-state index contributed by atoms with van der Waals surface area (Å²) in [4.78, 5) is 80.3. The van der Waals surface area contributed by atoms with E-state index in [1.54, 1.807) is 41.9 Å². The molecule has 18 nitrogen and oxygen atoms in total. The van der Waals surface area contributed by atoms with Gasteiger partial charge in [0.25, 0.3) is 5.91 Å². The fourth-order valence-electron chi connectivity index (χ4n) is 2.81. The molecule has 0 spiro atoms. The molecule has 0 aromatic heterocycles. The van der Waals surface area contributed by atoms with Gasteiger partial charge in [-0.2, -0.15) is 0 Å². The number of hydrogen-bond acceptors (Lipinski definition) is 11. The Hall–Kier alpha value is -3.52. The van der Waals surface area contributed by atoms with Crippen LogP contribution in [0, 0.1) is 0 Å². The van der Waals surface area contributed by atoms with E-state index in [0.29, 0.717) is 9.92 Å². The van der Waals surface area contributed by atoms with Gasteiger partial charge in [-0.1, -0.05) is 23.4 Å². The molecule has 50 heavy (non-hydrogen) atoms. The van der Waals surface area contributed by atoms with E-state index in [9.17, 15) is 38.7 Å². The first-order valence-corrected chi connectivity index (χ1v) is 16.6. The Morgan fingerprint density at radius 2 is 1.00 bits per heavy atom. The van der Waals surface area contributed by atoms with Gasteiger partial charge in [0.15, 0.2) is 11.6 Å². The summed E-state index contributed by atoms with van der Waals surface area (Å²) in [7, 11) is 10.9. The molecule has 0 aliphatic heterocycles. The van der Waals surface area contributed by atoms with Gasteiger partial charge < -0.3 is 32.1 Å². The third-order valence-electron chi connectivity index (χ3n) is 5.80. The summed E-state index contributed by atoms with van der Waals surface area (Å²) in [6.07, 6.45) is 0. The molecule has 0 fully saturated rings. The Bertz CT molecular complexity index is 1150. The zero-order valence-electron chi connectivity index (χ0n) is 31.4. The SMILES string of the molecule is C.CC(=O)[C@@H](C)NC(=O)[C@@H](C)NC(=O)[C@@H](C)N.CC(=O)[C@@H](C)NC(=O)[C@@H](C)NC(=O)[C@@H](C)NCC(=O)N[N+](C)(C)C.C[N+](C)(C)N=C([O-])CBr. The van der Waals surface area contributed by atoms with Crippen molar-refractivity contribution in [3.63, 3.8) is 0 Å². The van der Waals surface area contributed by atoms with Crippen LogP contribution in [0.2, 0.25) is 0 Å². The fraction of sp³-hybridized carbons (Fsp3) is 0.742. The van der Waals surface area contributed by atoms with Crippen LogP contribution in [-0.4, -0.2) is 147 Å². The van der Waals surface area contributed by atoms with Crippen LogP contribution >= 0.6 is 15.9 Å². The number of Topliss-reactive ketones (excluding diaryl/α,β-unsaturated/α-hetero) is 2. The molecule has 19 heteroatoms. The van der Waals surface area contributed by atoms with E-state index in [0.717, 1.165) is 0 Å². The summed E-state index contributed by atoms with van der Waals surface area (Å²) < 4.78 is 0.608. The van der Waals surface area contributed by atoms with Crippen LogP contribution in [0.5, 0.6) is 0 Å². The lowest BCUT2D eigenvalue weighted by atomic mass is 10.2. The summed E-state index contributed by atoms with van der Waals surface area (Å²) in [5, 5.41) is 27.4. The van der Waals surface area contributed by atoms with Crippen molar-refractivity contribution in [2.45, 2.75) is 99.1 Å². The number of carbonyl (C=O) groups is 7. The van der Waals surface area contributed by atoms with E-state index >= 15 is 0 Å². The molecule has 0 saturated carbocycles. The summed E-state index contributed by atoms with van der Waals surface area (Å²) in [6, 6.07) is -3.97. The van der Waals surface area contributed by atoms with Crippen LogP contribution < -0.4 is 42.8 Å². The molecular formula is C31H64BrN10O8+. The van der Waals surface area contributed by atoms with Crippen molar-refractivity contribution in [2.24, 2.45) is 10.8 Å². The quantitative estimate of drug-likeness (QED) is 0.0288. The molecule has 0 aromatic rings. The molecule has 0 saturated heterocycles. The Balaban J connectivity index is -0.000000350. The molecule has 5 amide bonds. The van der Waals surface area contributed by atoms with Crippen LogP contribution in [0.25, 0.3) is 0 Å². The first-order chi connectivity index (χ1) is 22.0. The van der Waals surface area contributed by atoms with Gasteiger partial charge in [-0.3, -0.25) is 38.9 Å². The maximum atomic E-state index is 12.0. The second-order valence-corrected chi connectivity index (χ2v) is 13.7. The van der Waals surface area contributed by atoms with Crippen LogP contribution in [0.4, 0.5) is 0 Å². The second-order valence-electron chi connectivity index (χ2n) is 13.2. The number of nitrogens with one attached hydrogen (secondary N) is 6. The molecule has 0 aliphatic rings. The lowest BCUT2D eigenvalue weighted by Crippen LogP contribution is -2.56. The molecule has 0 aliphatic carbocycles. The molecule has 0 rings (SSSR count). The third kappa shape index (κ3) is 29.4. The van der Waals surface area contributed by atoms with Crippen LogP contribution in [0.1, 0.15) is 62.8 Å². The Morgan fingerprint density at radius 3 is 1.28 bits per heavy atom. The molecule has 0 aromatic carbocycles. The molecule has 8 N–H and O–H groups in total. The number of quaternary nitrogens is 2. The second kappa shape index (κ2) is 25.4. The Kier molecular flexibility index (Phi) is 27.1. The number of alkyl halides is 1. The van der Waals surface area contributed by atoms with Crippen molar-refractivity contribution in [1.82, 2.24) is 32.0 Å². The first kappa shape index (κ1) is 53.3. The van der Waals surface area contributed by atoms with Gasteiger partial charge in [0.1, 0.15) is 12.1 Å². The lowest BCUT2D eigenvalue weighted by molar-refractivity contribution is -0.906. The van der Waals surface area contributed by atoms with Gasteiger partial charge >= 0.3 is 0 Å². The molecule has 0 bridgehead atoms. The lowest BCUT2D eigenvalue weighted by Gasteiger charge is -2.24. The zero-order valence-corrected chi connectivity index (χ0v) is 33.0. The molecule has 6 atom stereocenters. The highest BCUT2D eigenvalue weighted by molar-refractivity contribution is 9.09. The number of nitrogens with zero attached hydrogens (tertiary/aromatic N) is 3. The van der Waals surface area contributed by atoms with Crippen molar-refractivity contribution < 1.29 is 47.9 Å². The number of halogens is 1. The van der Waals surface area contributed by atoms with Gasteiger partial charge in [0.2, 0.25) is 23.6 Å². The summed E-state index contributed by atoms with van der Waals surface area (Å²) >= 11 is 3.01. The number of ketones is 2. The van der Waals surface area contributed by atoms with E-state index in [1.165, 1.54) is 34.6 Å². The largest absolute Gasteiger partial charge is 0.858 e. The third-order valence-corrected chi connectivity index (χ3v) is 6.28. The van der Waals surface area contributed by atoms with E-state index in [1.807, 2.05) is 21.1 Å². The van der Waals surface area contributed by atoms with Crippen LogP contribution in [-0.2, 0) is 33.6 Å². The average molecular weight is 785 g/mol. The topological polar surface area (TPSA) is 253 Å². The van der Waals surface area contributed by atoms with Crippen molar-refractivity contribution in [3.8, 4) is 0 Å². The predicted octanol–water partition coefficient (Wildman–Crippen LogP) is -2.37. The van der Waals surface area contributed by atoms with Crippen molar-refractivity contribution in [1.29, 1.82) is 0 Å². The predicted molar refractivity (Wildman–Crippen MR) is 195 cm³/mol. The molecular weight excluding hydrogens is 720 g/mol. The molecule has 0 unspecified atom stereocenters. The highest BCUT2D eigenvalue weighted by atomic mass is 79.9. The normalized spacial score (nSPS) is 14.8. The van der Waals surface area contributed by atoms with Gasteiger partial charge in [0, 0.05) is 11.2 Å². The van der Waals surface area contributed by atoms with Crippen LogP contribution in [0.15, 0.2) is 5.10 Å². The number of nitrogens with two attached hydrogens (primary N) is 1. The monoisotopic (exact) mass is 783 g/mol. The summed E-state index contributed by atoms with van der Waals surface area (Å²) in [5.41, 5.74) is 8.05. The van der Waals surface area contributed by atoms with Crippen molar-refractivity contribution in [2.75, 3.05) is 54.2 Å². The zero-order chi connectivity index (χ0) is 39.4. The minimum atomic E-state index is -0.788. The first-order valence-electron chi connectivity index (χ1n) is 15.5. The molecule has 0 heterocycles. The summed E-state index contributed by atoms with van der Waals surface area (Å²) in [6.45, 7) is 12.1. The maximum absolute atomic E-state index is 12.0. The van der Waals surface area contributed by atoms with Crippen molar-refractivity contribution >= 4 is 62.9 Å². The maximum Gasteiger partial charge on any atom is 0.278 e. The van der Waals surface area contributed by atoms with Gasteiger partial charge in [-0.05, 0) is 55.4 Å². The Morgan fingerprint density at radius 1 is 0.660 bits per heavy atom. The fourth-order valence-corrected chi connectivity index (χ4v) is 2.92. The van der Waals surface area contributed by atoms with E-state index < -0.39 is 59.9 Å². The van der Waals surface area contributed by atoms with Crippen LogP contribution in [0.3, 0.4) is 0 Å². The van der Waals surface area contributed by atoms with Gasteiger partial charge in [0.05, 0.1) is 73.0 Å². The van der Waals surface area contributed by atoms with Gasteiger partial charge in [-0.25, -0.2) is 14.6 Å². The number of amides is 5. The van der Waals surface area contributed by atoms with E-state index in [-0.39, 0.29) is 41.9 Å². The molecule has 292 valence electrons. The summed E-state index contributed by atoms with van der Waals surface area (Å²) in [5.74, 6) is -2.34. The average Bonchev–Trinajstić information content (AvgIpc) is 2.94. The standard InChI is InChI=1S/C15H29N5O4.C10H19N3O3.C5H11BrN2O.CH4/c1-9(12(4)21)17-15(24)11(3)18-14(23)10(2)16-8-13(22)19-20(5,6)7;1-5(11)9(15)13-7(3)10(16)12-6(2)8(4)14;1-8(2,3)7-5(9)4-6;/h9-11,16H,8H2,1-7H3,(H2-,17,18,19,22,23,24);5-7H,11H2,1-4H3,(H,12,16)(H,13,15);4H2,1-3H3;1H4/p+1/t9-,10-,11-;5-,6-,7-;;/m11../s1. The highest BCUT2D eigenvalue weighted by Crippen LogP contribution is 1.93. The minimum Gasteiger partial charge on any atom is -0.858 e. The number of hydrogen-bond donors (Lipinski definition) is 7. The minimum absolute atomic E-state index is 0. The van der Waals surface area contributed by atoms with E-state index in [4.69, 9.17) is 5.73 Å². The van der Waals surface area contributed by atoms with E-state index in [2.05, 4.69) is 53.0 Å². The molecule has 0 radical (unpaired) electrons. The van der Waals surface area contributed by atoms with Gasteiger partial charge in [-0.15, -0.1) is 5.10 Å². The highest BCUT2D eigenvalue weighted by Gasteiger charge is 2.23. The Labute approximate surface area is 306 Å². The number of carbonyl (C=O) groups excluding carboxylic acids is 7. The van der Waals surface area contributed by atoms with Crippen molar-refractivity contribution in [3.05, 3.63) is 0 Å².